The molecule has 1 amide bonds. The van der Waals surface area contributed by atoms with Crippen molar-refractivity contribution in [1.82, 2.24) is 19.2 Å². The monoisotopic (exact) mass is 446 g/mol. The van der Waals surface area contributed by atoms with Crippen molar-refractivity contribution < 1.29 is 13.2 Å². The van der Waals surface area contributed by atoms with Crippen LogP contribution in [-0.4, -0.2) is 53.0 Å². The molecule has 1 N–H and O–H groups in total. The number of hydrogen-bond donors (Lipinski definition) is 1. The van der Waals surface area contributed by atoms with Gasteiger partial charge in [0.05, 0.1) is 4.90 Å². The summed E-state index contributed by atoms with van der Waals surface area (Å²) in [5, 5.41) is 6.96. The molecular formula is C20H26N6O4S. The maximum Gasteiger partial charge on any atom is 0.346 e. The molecular weight excluding hydrogens is 420 g/mol. The second kappa shape index (κ2) is 8.66. The maximum absolute atomic E-state index is 12.7. The summed E-state index contributed by atoms with van der Waals surface area (Å²) in [6.07, 6.45) is 5.18. The number of fused-ring (bicyclic) bond motifs is 1. The number of nitrogens with one attached hydrogen (secondary N) is 1. The van der Waals surface area contributed by atoms with E-state index in [4.69, 9.17) is 0 Å². The van der Waals surface area contributed by atoms with Gasteiger partial charge in [0.2, 0.25) is 5.91 Å². The van der Waals surface area contributed by atoms with Gasteiger partial charge < -0.3 is 10.2 Å². The van der Waals surface area contributed by atoms with Gasteiger partial charge in [-0.15, -0.1) is 4.40 Å². The quantitative estimate of drug-likeness (QED) is 0.738. The Labute approximate surface area is 180 Å². The number of amidine groups is 1. The lowest BCUT2D eigenvalue weighted by Crippen LogP contribution is -2.30. The average molecular weight is 447 g/mol. The number of amides is 1. The highest BCUT2D eigenvalue weighted by atomic mass is 32.2. The van der Waals surface area contributed by atoms with E-state index < -0.39 is 15.9 Å². The molecule has 3 heterocycles. The Morgan fingerprint density at radius 2 is 2.00 bits per heavy atom. The molecule has 0 atom stereocenters. The van der Waals surface area contributed by atoms with Crippen molar-refractivity contribution in [3.8, 4) is 0 Å². The third kappa shape index (κ3) is 4.71. The SMILES string of the molecule is CN1CCC/C1=N\S(=O)(=O)c1cccc(NC(=O)Cn2nc3n(c2=O)CCCCC3)c1. The van der Waals surface area contributed by atoms with Crippen molar-refractivity contribution in [1.29, 1.82) is 0 Å². The molecule has 1 fully saturated rings. The molecule has 4 rings (SSSR count). The molecule has 0 unspecified atom stereocenters. The molecule has 2 aliphatic heterocycles. The molecule has 0 bridgehead atoms. The van der Waals surface area contributed by atoms with E-state index in [-0.39, 0.29) is 17.1 Å². The Bertz CT molecular complexity index is 1180. The van der Waals surface area contributed by atoms with Gasteiger partial charge in [-0.25, -0.2) is 9.48 Å². The molecule has 1 aromatic heterocycles. The molecule has 10 nitrogen and oxygen atoms in total. The molecule has 2 aromatic rings. The summed E-state index contributed by atoms with van der Waals surface area (Å²) in [4.78, 5) is 26.8. The minimum atomic E-state index is -3.88. The maximum atomic E-state index is 12.7. The van der Waals surface area contributed by atoms with Gasteiger partial charge >= 0.3 is 5.69 Å². The van der Waals surface area contributed by atoms with Crippen LogP contribution < -0.4 is 11.0 Å². The Kier molecular flexibility index (Phi) is 5.94. The summed E-state index contributed by atoms with van der Waals surface area (Å²) in [6.45, 7) is 1.16. The fourth-order valence-corrected chi connectivity index (χ4v) is 5.04. The van der Waals surface area contributed by atoms with Gasteiger partial charge in [0.15, 0.2) is 0 Å². The van der Waals surface area contributed by atoms with Gasteiger partial charge in [-0.3, -0.25) is 9.36 Å². The minimum absolute atomic E-state index is 0.00368. The number of carbonyl (C=O) groups excluding carboxylic acids is 1. The third-order valence-electron chi connectivity index (χ3n) is 5.55. The molecule has 11 heteroatoms. The number of likely N-dealkylation sites (tertiary alicyclic amines) is 1. The van der Waals surface area contributed by atoms with E-state index in [2.05, 4.69) is 14.8 Å². The third-order valence-corrected chi connectivity index (χ3v) is 6.85. The smallest absolute Gasteiger partial charge is 0.346 e. The highest BCUT2D eigenvalue weighted by Gasteiger charge is 2.21. The molecule has 31 heavy (non-hydrogen) atoms. The number of hydrogen-bond acceptors (Lipinski definition) is 5. The summed E-state index contributed by atoms with van der Waals surface area (Å²) < 4.78 is 32.1. The highest BCUT2D eigenvalue weighted by Crippen LogP contribution is 2.20. The van der Waals surface area contributed by atoms with E-state index in [0.717, 1.165) is 38.6 Å². The lowest BCUT2D eigenvalue weighted by Gasteiger charge is -2.11. The minimum Gasteiger partial charge on any atom is -0.362 e. The van der Waals surface area contributed by atoms with E-state index >= 15 is 0 Å². The Morgan fingerprint density at radius 1 is 1.16 bits per heavy atom. The first-order chi connectivity index (χ1) is 14.8. The van der Waals surface area contributed by atoms with Gasteiger partial charge in [0, 0.05) is 38.7 Å². The molecule has 166 valence electrons. The van der Waals surface area contributed by atoms with Crippen molar-refractivity contribution >= 4 is 27.5 Å². The average Bonchev–Trinajstić information content (AvgIpc) is 3.14. The van der Waals surface area contributed by atoms with Crippen molar-refractivity contribution in [2.24, 2.45) is 4.40 Å². The first-order valence-corrected chi connectivity index (χ1v) is 11.9. The fourth-order valence-electron chi connectivity index (χ4n) is 3.90. The van der Waals surface area contributed by atoms with Crippen LogP contribution in [-0.2, 0) is 34.3 Å². The zero-order chi connectivity index (χ0) is 22.0. The van der Waals surface area contributed by atoms with E-state index in [1.54, 1.807) is 16.7 Å². The van der Waals surface area contributed by atoms with E-state index in [9.17, 15) is 18.0 Å². The number of aromatic nitrogens is 3. The van der Waals surface area contributed by atoms with Crippen LogP contribution in [0.2, 0.25) is 0 Å². The number of aryl methyl sites for hydroxylation is 1. The van der Waals surface area contributed by atoms with E-state index in [0.29, 0.717) is 30.3 Å². The Hall–Kier alpha value is -2.95. The van der Waals surface area contributed by atoms with Crippen LogP contribution in [0.3, 0.4) is 0 Å². The second-order valence-electron chi connectivity index (χ2n) is 7.90. The zero-order valence-electron chi connectivity index (χ0n) is 17.5. The lowest BCUT2D eigenvalue weighted by atomic mass is 10.2. The topological polar surface area (TPSA) is 119 Å². The van der Waals surface area contributed by atoms with Crippen molar-refractivity contribution in [2.45, 2.75) is 56.5 Å². The first kappa shape index (κ1) is 21.3. The number of sulfonamides is 1. The number of benzene rings is 1. The van der Waals surface area contributed by atoms with Crippen LogP contribution in [0, 0.1) is 0 Å². The zero-order valence-corrected chi connectivity index (χ0v) is 18.3. The Balaban J connectivity index is 1.48. The molecule has 2 aliphatic rings. The molecule has 1 aromatic carbocycles. The molecule has 1 saturated heterocycles. The van der Waals surface area contributed by atoms with Gasteiger partial charge in [0.25, 0.3) is 10.0 Å². The van der Waals surface area contributed by atoms with Crippen molar-refractivity contribution in [3.63, 3.8) is 0 Å². The van der Waals surface area contributed by atoms with Gasteiger partial charge in [-0.1, -0.05) is 12.5 Å². The van der Waals surface area contributed by atoms with Gasteiger partial charge in [0.1, 0.15) is 18.2 Å². The van der Waals surface area contributed by atoms with Crippen molar-refractivity contribution in [2.75, 3.05) is 18.9 Å². The summed E-state index contributed by atoms with van der Waals surface area (Å²) in [6, 6.07) is 5.96. The number of carbonyl (C=O) groups is 1. The highest BCUT2D eigenvalue weighted by molar-refractivity contribution is 7.90. The standard InChI is InChI=1S/C20H26N6O4S/c1-24-11-6-10-18(24)23-31(29,30)16-8-5-7-15(13-16)21-19(27)14-26-20(28)25-12-4-2-3-9-17(25)22-26/h5,7-8,13H,2-4,6,9-12,14H2,1H3,(H,21,27)/b23-18+. The normalized spacial score (nSPS) is 18.1. The Morgan fingerprint density at radius 3 is 2.77 bits per heavy atom. The summed E-state index contributed by atoms with van der Waals surface area (Å²) in [5.74, 6) is 0.791. The molecule has 0 radical (unpaired) electrons. The second-order valence-corrected chi connectivity index (χ2v) is 9.51. The van der Waals surface area contributed by atoms with Crippen molar-refractivity contribution in [3.05, 3.63) is 40.6 Å². The number of nitrogens with zero attached hydrogens (tertiary/aromatic N) is 5. The van der Waals surface area contributed by atoms with Gasteiger partial charge in [-0.05, 0) is 37.5 Å². The van der Waals surface area contributed by atoms with Crippen LogP contribution in [0.4, 0.5) is 5.69 Å². The van der Waals surface area contributed by atoms with E-state index in [1.165, 1.54) is 16.8 Å². The predicted octanol–water partition coefficient (Wildman–Crippen LogP) is 1.22. The number of anilines is 1. The van der Waals surface area contributed by atoms with E-state index in [1.807, 2.05) is 11.9 Å². The van der Waals surface area contributed by atoms with Gasteiger partial charge in [-0.2, -0.15) is 13.5 Å². The molecule has 0 aliphatic carbocycles. The summed E-state index contributed by atoms with van der Waals surface area (Å²) in [7, 11) is -2.07. The molecule has 0 saturated carbocycles. The van der Waals surface area contributed by atoms with Crippen LogP contribution >= 0.6 is 0 Å². The largest absolute Gasteiger partial charge is 0.362 e. The summed E-state index contributed by atoms with van der Waals surface area (Å²) >= 11 is 0. The first-order valence-electron chi connectivity index (χ1n) is 10.4. The van der Waals surface area contributed by atoms with Crippen LogP contribution in [0.1, 0.15) is 37.9 Å². The summed E-state index contributed by atoms with van der Waals surface area (Å²) in [5.41, 5.74) is 0.0276. The predicted molar refractivity (Wildman–Crippen MR) is 116 cm³/mol. The van der Waals surface area contributed by atoms with Crippen LogP contribution in [0.25, 0.3) is 0 Å². The van der Waals surface area contributed by atoms with Crippen LogP contribution in [0.15, 0.2) is 38.4 Å². The lowest BCUT2D eigenvalue weighted by molar-refractivity contribution is -0.117. The number of rotatable bonds is 5. The fraction of sp³-hybridized carbons (Fsp3) is 0.500. The van der Waals surface area contributed by atoms with Crippen LogP contribution in [0.5, 0.6) is 0 Å². The molecule has 0 spiro atoms.